The zero-order valence-corrected chi connectivity index (χ0v) is 12.2. The van der Waals surface area contributed by atoms with E-state index in [2.05, 4.69) is 6.58 Å². The molecule has 0 spiro atoms. The maximum absolute atomic E-state index is 9.44. The van der Waals surface area contributed by atoms with Gasteiger partial charge in [-0.15, -0.1) is 0 Å². The van der Waals surface area contributed by atoms with Crippen LogP contribution in [0.1, 0.15) is 60.1 Å². The molecular weight excluding hydrogens is 260 g/mol. The van der Waals surface area contributed by atoms with Gasteiger partial charge in [-0.25, -0.2) is 0 Å². The van der Waals surface area contributed by atoms with E-state index < -0.39 is 0 Å². The monoisotopic (exact) mass is 274 g/mol. The molecule has 1 aromatic carbocycles. The quantitative estimate of drug-likeness (QED) is 0.841. The predicted molar refractivity (Wildman–Crippen MR) is 78.6 cm³/mol. The molecule has 4 heteroatoms. The van der Waals surface area contributed by atoms with E-state index in [4.69, 9.17) is 0 Å². The Kier molecular flexibility index (Phi) is 4.86. The van der Waals surface area contributed by atoms with Crippen LogP contribution in [0.3, 0.4) is 0 Å². The van der Waals surface area contributed by atoms with Gasteiger partial charge in [-0.1, -0.05) is 33.4 Å². The Morgan fingerprint density at radius 1 is 0.810 bits per heavy atom. The van der Waals surface area contributed by atoms with Gasteiger partial charge in [0.2, 0.25) is 0 Å². The summed E-state index contributed by atoms with van der Waals surface area (Å²) in [7, 11) is 0. The molecule has 102 valence electrons. The molecule has 1 unspecified atom stereocenters. The molecule has 0 saturated carbocycles. The maximum Gasteiger partial charge on any atom is 0.101 e. The maximum atomic E-state index is 9.44. The first-order valence-electron chi connectivity index (χ1n) is 6.45. The first kappa shape index (κ1) is 16.0. The molecule has 4 nitrogen and oxygen atoms in total. The van der Waals surface area contributed by atoms with Gasteiger partial charge in [0.05, 0.1) is 22.3 Å². The number of hydrogen-bond acceptors (Lipinski definition) is 4. The van der Waals surface area contributed by atoms with Crippen molar-refractivity contribution < 1.29 is 0 Å². The normalized spacial score (nSPS) is 10.9. The van der Waals surface area contributed by atoms with Crippen molar-refractivity contribution in [1.29, 1.82) is 21.0 Å². The molecule has 0 aliphatic rings. The molecule has 1 rings (SSSR count). The van der Waals surface area contributed by atoms with Gasteiger partial charge in [-0.3, -0.25) is 0 Å². The number of benzene rings is 1. The van der Waals surface area contributed by atoms with Crippen molar-refractivity contribution in [2.24, 2.45) is 5.92 Å². The third kappa shape index (κ3) is 2.49. The van der Waals surface area contributed by atoms with Crippen molar-refractivity contribution in [3.05, 3.63) is 40.0 Å². The number of nitrogens with zero attached hydrogens (tertiary/aromatic N) is 4. The van der Waals surface area contributed by atoms with Crippen LogP contribution in [-0.2, 0) is 0 Å². The van der Waals surface area contributed by atoms with Gasteiger partial charge in [0.1, 0.15) is 24.3 Å². The van der Waals surface area contributed by atoms with Crippen LogP contribution in [-0.4, -0.2) is 0 Å². The molecule has 1 aromatic rings. The van der Waals surface area contributed by atoms with Crippen molar-refractivity contribution in [3.63, 3.8) is 0 Å². The van der Waals surface area contributed by atoms with Gasteiger partial charge in [-0.05, 0) is 17.4 Å². The summed E-state index contributed by atoms with van der Waals surface area (Å²) < 4.78 is 0. The summed E-state index contributed by atoms with van der Waals surface area (Å²) in [5.41, 5.74) is 1.31. The van der Waals surface area contributed by atoms with E-state index in [-0.39, 0.29) is 39.7 Å². The summed E-state index contributed by atoms with van der Waals surface area (Å²) in [5, 5.41) is 37.6. The van der Waals surface area contributed by atoms with E-state index in [0.29, 0.717) is 5.56 Å². The Hall–Kier alpha value is -3.08. The highest BCUT2D eigenvalue weighted by Gasteiger charge is 2.27. The topological polar surface area (TPSA) is 95.2 Å². The van der Waals surface area contributed by atoms with Gasteiger partial charge < -0.3 is 0 Å². The predicted octanol–water partition coefficient (Wildman–Crippen LogP) is 3.58. The van der Waals surface area contributed by atoms with Gasteiger partial charge in [-0.2, -0.15) is 21.0 Å². The minimum absolute atomic E-state index is 0.116. The first-order valence-corrected chi connectivity index (χ1v) is 6.45. The van der Waals surface area contributed by atoms with Crippen LogP contribution in [0.15, 0.2) is 6.58 Å². The second kappa shape index (κ2) is 6.38. The minimum atomic E-state index is -0.118. The highest BCUT2D eigenvalue weighted by atomic mass is 14.4. The lowest BCUT2D eigenvalue weighted by atomic mass is 9.79. The van der Waals surface area contributed by atoms with Gasteiger partial charge in [0.25, 0.3) is 0 Å². The van der Waals surface area contributed by atoms with E-state index in [1.807, 2.05) is 45.0 Å². The molecule has 0 heterocycles. The van der Waals surface area contributed by atoms with Gasteiger partial charge >= 0.3 is 0 Å². The molecule has 0 aromatic heterocycles. The van der Waals surface area contributed by atoms with Crippen molar-refractivity contribution in [3.8, 4) is 24.3 Å². The highest BCUT2D eigenvalue weighted by Crippen LogP contribution is 2.35. The Morgan fingerprint density at radius 2 is 1.19 bits per heavy atom. The molecule has 1 atom stereocenters. The fourth-order valence-corrected chi connectivity index (χ4v) is 2.25. The molecule has 0 aliphatic heterocycles. The van der Waals surface area contributed by atoms with Crippen LogP contribution in [0, 0.1) is 51.2 Å². The average Bonchev–Trinajstić information content (AvgIpc) is 2.50. The van der Waals surface area contributed by atoms with Crippen molar-refractivity contribution in [2.45, 2.75) is 26.7 Å². The molecule has 0 bridgehead atoms. The van der Waals surface area contributed by atoms with Gasteiger partial charge in [0, 0.05) is 5.56 Å². The van der Waals surface area contributed by atoms with Crippen LogP contribution in [0.4, 0.5) is 0 Å². The first-order chi connectivity index (χ1) is 9.98. The van der Waals surface area contributed by atoms with Crippen molar-refractivity contribution in [1.82, 2.24) is 0 Å². The average molecular weight is 274 g/mol. The Labute approximate surface area is 124 Å². The fourth-order valence-electron chi connectivity index (χ4n) is 2.25. The summed E-state index contributed by atoms with van der Waals surface area (Å²) >= 11 is 0. The third-order valence-electron chi connectivity index (χ3n) is 3.68. The minimum Gasteiger partial charge on any atom is -0.192 e. The van der Waals surface area contributed by atoms with E-state index >= 15 is 0 Å². The summed E-state index contributed by atoms with van der Waals surface area (Å²) in [5.74, 6) is 0.0456. The number of rotatable bonds is 3. The zero-order valence-electron chi connectivity index (χ0n) is 12.2. The third-order valence-corrected chi connectivity index (χ3v) is 3.68. The molecule has 0 saturated heterocycles. The van der Waals surface area contributed by atoms with Crippen LogP contribution in [0.25, 0.3) is 6.08 Å². The van der Waals surface area contributed by atoms with Crippen molar-refractivity contribution >= 4 is 6.08 Å². The lowest BCUT2D eigenvalue weighted by molar-refractivity contribution is 0.533. The lowest BCUT2D eigenvalue weighted by Crippen LogP contribution is -2.12. The van der Waals surface area contributed by atoms with Crippen LogP contribution >= 0.6 is 0 Å². The lowest BCUT2D eigenvalue weighted by Gasteiger charge is -2.21. The summed E-state index contributed by atoms with van der Waals surface area (Å²) in [6.07, 6.45) is 1.35. The smallest absolute Gasteiger partial charge is 0.101 e. The summed E-state index contributed by atoms with van der Waals surface area (Å²) in [6.45, 7) is 9.40. The van der Waals surface area contributed by atoms with Gasteiger partial charge in [0.15, 0.2) is 0 Å². The summed E-state index contributed by atoms with van der Waals surface area (Å²) in [4.78, 5) is 0. The molecule has 0 aliphatic carbocycles. The molecule has 0 amide bonds. The Bertz CT molecular complexity index is 705. The number of hydrogen-bond donors (Lipinski definition) is 0. The fraction of sp³-hybridized carbons (Fsp3) is 0.294. The second-order valence-electron chi connectivity index (χ2n) is 5.01. The van der Waals surface area contributed by atoms with Crippen LogP contribution < -0.4 is 0 Å². The van der Waals surface area contributed by atoms with Crippen LogP contribution in [0.5, 0.6) is 0 Å². The molecule has 0 radical (unpaired) electrons. The van der Waals surface area contributed by atoms with E-state index in [9.17, 15) is 21.0 Å². The SMILES string of the molecule is C=Cc1c(C#N)c(C#N)c(C(C)C(C)C)c(C#N)c1C#N. The highest BCUT2D eigenvalue weighted by molar-refractivity contribution is 5.75. The molecule has 21 heavy (non-hydrogen) atoms. The van der Waals surface area contributed by atoms with E-state index in [0.717, 1.165) is 0 Å². The Morgan fingerprint density at radius 3 is 1.43 bits per heavy atom. The molecular formula is C17H14N4. The molecule has 0 N–H and O–H groups in total. The van der Waals surface area contributed by atoms with E-state index in [1.165, 1.54) is 6.08 Å². The second-order valence-corrected chi connectivity index (χ2v) is 5.01. The van der Waals surface area contributed by atoms with Crippen molar-refractivity contribution in [2.75, 3.05) is 0 Å². The van der Waals surface area contributed by atoms with Crippen LogP contribution in [0.2, 0.25) is 0 Å². The van der Waals surface area contributed by atoms with E-state index in [1.54, 1.807) is 0 Å². The largest absolute Gasteiger partial charge is 0.192 e. The standard InChI is InChI=1S/C17H14N4/c1-5-12-13(6-18)15(8-20)17(11(4)10(2)3)16(9-21)14(12)7-19/h5,10-11H,1H2,2-4H3. The zero-order chi connectivity index (χ0) is 16.2. The molecule has 0 fully saturated rings. The summed E-state index contributed by atoms with van der Waals surface area (Å²) in [6, 6.07) is 7.99. The Balaban J connectivity index is 4.11. The number of nitriles is 4.